The van der Waals surface area contributed by atoms with Gasteiger partial charge in [-0.3, -0.25) is 4.57 Å². The maximum Gasteiger partial charge on any atom is 0.387 e. The Morgan fingerprint density at radius 1 is 0.907 bits per heavy atom. The largest absolute Gasteiger partial charge is 0.481 e. The highest BCUT2D eigenvalue weighted by atomic mass is 32.2. The Balaban J connectivity index is 1.90. The fourth-order valence-corrected chi connectivity index (χ4v) is 5.54. The molecule has 3 heterocycles. The van der Waals surface area contributed by atoms with Gasteiger partial charge in [0.15, 0.2) is 38.8 Å². The number of para-hydroxylation sites is 1. The number of ether oxygens (including phenoxy) is 4. The second kappa shape index (κ2) is 13.3. The molecule has 0 fully saturated rings. The summed E-state index contributed by atoms with van der Waals surface area (Å²) in [4.78, 5) is 12.6. The molecule has 43 heavy (non-hydrogen) atoms. The van der Waals surface area contributed by atoms with Crippen molar-refractivity contribution in [1.29, 1.82) is 0 Å². The highest BCUT2D eigenvalue weighted by Crippen LogP contribution is 2.38. The van der Waals surface area contributed by atoms with Crippen LogP contribution in [-0.2, 0) is 20.3 Å². The van der Waals surface area contributed by atoms with E-state index in [9.17, 15) is 26.0 Å². The molecule has 0 radical (unpaired) electrons. The van der Waals surface area contributed by atoms with Crippen molar-refractivity contribution in [3.63, 3.8) is 0 Å². The van der Waals surface area contributed by atoms with Gasteiger partial charge in [0.1, 0.15) is 23.2 Å². The van der Waals surface area contributed by atoms with Crippen molar-refractivity contribution in [3.05, 3.63) is 66.0 Å². The molecule has 0 bridgehead atoms. The van der Waals surface area contributed by atoms with Gasteiger partial charge in [0.25, 0.3) is 0 Å². The molecule has 0 spiro atoms. The Labute approximate surface area is 243 Å². The molecule has 0 aliphatic rings. The Hall–Kier alpha value is -4.38. The normalized spacial score (nSPS) is 13.3. The predicted molar refractivity (Wildman–Crippen MR) is 143 cm³/mol. The average Bonchev–Trinajstić information content (AvgIpc) is 3.36. The third-order valence-corrected chi connectivity index (χ3v) is 8.18. The number of nitrogens with zero attached hydrogens (tertiary/aromatic N) is 6. The van der Waals surface area contributed by atoms with E-state index < -0.39 is 57.4 Å². The zero-order valence-electron chi connectivity index (χ0n) is 23.2. The van der Waals surface area contributed by atoms with E-state index in [4.69, 9.17) is 9.47 Å². The molecule has 0 aliphatic heterocycles. The molecule has 0 N–H and O–H groups in total. The number of aryl methyl sites for hydroxylation is 1. The number of rotatable bonds is 13. The second-order valence-electron chi connectivity index (χ2n) is 8.99. The van der Waals surface area contributed by atoms with Crippen molar-refractivity contribution in [2.45, 2.75) is 44.2 Å². The van der Waals surface area contributed by atoms with E-state index in [-0.39, 0.29) is 29.0 Å². The third kappa shape index (κ3) is 7.16. The van der Waals surface area contributed by atoms with E-state index in [1.807, 2.05) is 0 Å². The maximum atomic E-state index is 13.7. The standard InChI is InChI=1S/C26H26F4N6O6S/c1-14-11-31-23(32-12-14)22(40-4)15(2)43(37,38)13-19-34-35-24(16-7-5-10-20(33-16)39-3)36(19)21-17(41-25(27)28)8-6-9-18(21)42-26(29)30/h5-12,15,22,25-26H,13H2,1-4H3/t15-,22-/m0/s1. The molecule has 1 aromatic carbocycles. The van der Waals surface area contributed by atoms with Crippen LogP contribution in [0.5, 0.6) is 17.4 Å². The van der Waals surface area contributed by atoms with Gasteiger partial charge in [-0.1, -0.05) is 12.1 Å². The lowest BCUT2D eigenvalue weighted by molar-refractivity contribution is -0.0542. The number of halogens is 4. The quantitative estimate of drug-likeness (QED) is 0.196. The monoisotopic (exact) mass is 626 g/mol. The SMILES string of the molecule is COc1cccc(-c2nnc(CS(=O)(=O)[C@@H](C)[C@H](OC)c3ncc(C)cn3)n2-c2c(OC(F)F)cccc2OC(F)F)n1. The summed E-state index contributed by atoms with van der Waals surface area (Å²) in [5.41, 5.74) is 0.282. The number of hydrogen-bond acceptors (Lipinski definition) is 11. The smallest absolute Gasteiger partial charge is 0.387 e. The van der Waals surface area contributed by atoms with Gasteiger partial charge in [-0.15, -0.1) is 10.2 Å². The van der Waals surface area contributed by atoms with E-state index in [1.165, 1.54) is 51.7 Å². The lowest BCUT2D eigenvalue weighted by Gasteiger charge is -2.22. The Morgan fingerprint density at radius 2 is 1.51 bits per heavy atom. The fraction of sp³-hybridized carbons (Fsp3) is 0.346. The molecular weight excluding hydrogens is 600 g/mol. The molecule has 17 heteroatoms. The van der Waals surface area contributed by atoms with Crippen molar-refractivity contribution in [2.24, 2.45) is 0 Å². The molecular formula is C26H26F4N6O6S. The minimum Gasteiger partial charge on any atom is -0.481 e. The Morgan fingerprint density at radius 3 is 2.07 bits per heavy atom. The van der Waals surface area contributed by atoms with E-state index in [2.05, 4.69) is 34.6 Å². The molecule has 2 atom stereocenters. The molecule has 3 aromatic heterocycles. The number of alkyl halides is 4. The number of sulfone groups is 1. The Kier molecular flexibility index (Phi) is 9.75. The van der Waals surface area contributed by atoms with E-state index in [0.717, 1.165) is 28.3 Å². The first-order valence-corrected chi connectivity index (χ1v) is 14.2. The topological polar surface area (TPSA) is 140 Å². The zero-order chi connectivity index (χ0) is 31.3. The van der Waals surface area contributed by atoms with Gasteiger partial charge < -0.3 is 18.9 Å². The van der Waals surface area contributed by atoms with Gasteiger partial charge in [0.2, 0.25) is 5.88 Å². The van der Waals surface area contributed by atoms with Crippen molar-refractivity contribution in [1.82, 2.24) is 29.7 Å². The fourth-order valence-electron chi connectivity index (χ4n) is 4.12. The van der Waals surface area contributed by atoms with E-state index in [1.54, 1.807) is 6.92 Å². The summed E-state index contributed by atoms with van der Waals surface area (Å²) in [5.74, 6) is -2.42. The van der Waals surface area contributed by atoms with Gasteiger partial charge in [-0.2, -0.15) is 17.6 Å². The lowest BCUT2D eigenvalue weighted by Crippen LogP contribution is -2.30. The van der Waals surface area contributed by atoms with Gasteiger partial charge >= 0.3 is 13.2 Å². The summed E-state index contributed by atoms with van der Waals surface area (Å²) in [7, 11) is -1.58. The van der Waals surface area contributed by atoms with Crippen LogP contribution in [0.15, 0.2) is 48.8 Å². The van der Waals surface area contributed by atoms with Crippen LogP contribution < -0.4 is 14.2 Å². The summed E-state index contributed by atoms with van der Waals surface area (Å²) >= 11 is 0. The molecule has 0 unspecified atom stereocenters. The minimum atomic E-state index is -4.22. The van der Waals surface area contributed by atoms with Gasteiger partial charge in [-0.25, -0.2) is 23.4 Å². The first-order valence-electron chi connectivity index (χ1n) is 12.5. The highest BCUT2D eigenvalue weighted by molar-refractivity contribution is 7.91. The van der Waals surface area contributed by atoms with Crippen LogP contribution >= 0.6 is 0 Å². The first kappa shape index (κ1) is 31.6. The number of benzene rings is 1. The van der Waals surface area contributed by atoms with Gasteiger partial charge in [0, 0.05) is 25.6 Å². The van der Waals surface area contributed by atoms with Crippen LogP contribution in [-0.4, -0.2) is 70.8 Å². The number of methoxy groups -OCH3 is 2. The van der Waals surface area contributed by atoms with Crippen LogP contribution in [0.4, 0.5) is 17.6 Å². The molecule has 4 rings (SSSR count). The predicted octanol–water partition coefficient (Wildman–Crippen LogP) is 4.33. The highest BCUT2D eigenvalue weighted by Gasteiger charge is 2.36. The average molecular weight is 627 g/mol. The molecule has 230 valence electrons. The van der Waals surface area contributed by atoms with Crippen LogP contribution in [0.3, 0.4) is 0 Å². The van der Waals surface area contributed by atoms with Gasteiger partial charge in [-0.05, 0) is 37.6 Å². The second-order valence-corrected chi connectivity index (χ2v) is 11.3. The molecule has 0 aliphatic carbocycles. The van der Waals surface area contributed by atoms with Crippen LogP contribution in [0.2, 0.25) is 0 Å². The van der Waals surface area contributed by atoms with Crippen molar-refractivity contribution < 1.29 is 44.9 Å². The lowest BCUT2D eigenvalue weighted by atomic mass is 10.2. The van der Waals surface area contributed by atoms with Gasteiger partial charge in [0.05, 0.1) is 12.4 Å². The van der Waals surface area contributed by atoms with Crippen molar-refractivity contribution in [2.75, 3.05) is 14.2 Å². The van der Waals surface area contributed by atoms with Crippen LogP contribution in [0.1, 0.15) is 30.2 Å². The number of aromatic nitrogens is 6. The molecule has 0 saturated heterocycles. The first-order chi connectivity index (χ1) is 20.4. The van der Waals surface area contributed by atoms with E-state index in [0.29, 0.717) is 0 Å². The van der Waals surface area contributed by atoms with Crippen molar-refractivity contribution >= 4 is 9.84 Å². The third-order valence-electron chi connectivity index (χ3n) is 6.14. The van der Waals surface area contributed by atoms with Crippen molar-refractivity contribution in [3.8, 4) is 34.6 Å². The maximum absolute atomic E-state index is 13.7. The molecule has 12 nitrogen and oxygen atoms in total. The Bertz CT molecular complexity index is 1630. The summed E-state index contributed by atoms with van der Waals surface area (Å²) in [6.07, 6.45) is 1.90. The molecule has 0 amide bonds. The number of hydrogen-bond donors (Lipinski definition) is 0. The molecule has 4 aromatic rings. The summed E-state index contributed by atoms with van der Waals surface area (Å²) < 4.78 is 102. The molecule has 0 saturated carbocycles. The van der Waals surface area contributed by atoms with Crippen LogP contribution in [0, 0.1) is 6.92 Å². The minimum absolute atomic E-state index is 0.0428. The summed E-state index contributed by atoms with van der Waals surface area (Å²) in [6.45, 7) is -3.62. The van der Waals surface area contributed by atoms with E-state index >= 15 is 0 Å². The zero-order valence-corrected chi connectivity index (χ0v) is 24.0. The summed E-state index contributed by atoms with van der Waals surface area (Å²) in [5, 5.41) is 6.78. The summed E-state index contributed by atoms with van der Waals surface area (Å²) in [6, 6.07) is 7.77. The number of pyridine rings is 1. The van der Waals surface area contributed by atoms with Crippen LogP contribution in [0.25, 0.3) is 17.2 Å².